The summed E-state index contributed by atoms with van der Waals surface area (Å²) in [6.45, 7) is 2.57. The van der Waals surface area contributed by atoms with Gasteiger partial charge in [0.25, 0.3) is 0 Å². The lowest BCUT2D eigenvalue weighted by atomic mass is 10.1. The van der Waals surface area contributed by atoms with Crippen LogP contribution in [0.25, 0.3) is 11.3 Å². The van der Waals surface area contributed by atoms with Gasteiger partial charge < -0.3 is 4.90 Å². The zero-order valence-electron chi connectivity index (χ0n) is 11.9. The summed E-state index contributed by atoms with van der Waals surface area (Å²) in [5, 5.41) is 8.61. The summed E-state index contributed by atoms with van der Waals surface area (Å²) in [4.78, 5) is 16.2. The third kappa shape index (κ3) is 3.66. The van der Waals surface area contributed by atoms with Crippen LogP contribution in [-0.2, 0) is 4.79 Å². The van der Waals surface area contributed by atoms with E-state index in [4.69, 9.17) is 11.6 Å². The highest BCUT2D eigenvalue weighted by Crippen LogP contribution is 2.20. The molecule has 0 saturated heterocycles. The van der Waals surface area contributed by atoms with E-state index in [1.807, 2.05) is 19.1 Å². The SMILES string of the molecule is C/C=C(\CCN(C)C=O)c1cn(-c2cccnc2Cl)nn1. The third-order valence-corrected chi connectivity index (χ3v) is 3.36. The lowest BCUT2D eigenvalue weighted by Crippen LogP contribution is -2.17. The van der Waals surface area contributed by atoms with Crippen LogP contribution in [0.5, 0.6) is 0 Å². The third-order valence-electron chi connectivity index (χ3n) is 3.07. The van der Waals surface area contributed by atoms with E-state index in [2.05, 4.69) is 15.3 Å². The number of amides is 1. The molecule has 0 saturated carbocycles. The fourth-order valence-electron chi connectivity index (χ4n) is 1.85. The maximum Gasteiger partial charge on any atom is 0.209 e. The first-order valence-electron chi connectivity index (χ1n) is 6.50. The molecule has 110 valence electrons. The van der Waals surface area contributed by atoms with Crippen LogP contribution >= 0.6 is 11.6 Å². The number of allylic oxidation sites excluding steroid dienone is 1. The van der Waals surface area contributed by atoms with Crippen LogP contribution in [0.4, 0.5) is 0 Å². The van der Waals surface area contributed by atoms with Crippen LogP contribution in [0.1, 0.15) is 19.0 Å². The average molecular weight is 306 g/mol. The first kappa shape index (κ1) is 15.2. The van der Waals surface area contributed by atoms with E-state index in [0.717, 1.165) is 17.7 Å². The van der Waals surface area contributed by atoms with Crippen molar-refractivity contribution in [3.63, 3.8) is 0 Å². The zero-order valence-corrected chi connectivity index (χ0v) is 12.7. The number of rotatable bonds is 6. The molecule has 0 aliphatic carbocycles. The molecule has 0 atom stereocenters. The highest BCUT2D eigenvalue weighted by Gasteiger charge is 2.10. The van der Waals surface area contributed by atoms with E-state index in [9.17, 15) is 4.79 Å². The lowest BCUT2D eigenvalue weighted by Gasteiger charge is -2.10. The summed E-state index contributed by atoms with van der Waals surface area (Å²) in [5.41, 5.74) is 2.46. The van der Waals surface area contributed by atoms with Gasteiger partial charge in [0.1, 0.15) is 11.4 Å². The van der Waals surface area contributed by atoms with E-state index in [1.54, 1.807) is 35.1 Å². The van der Waals surface area contributed by atoms with Crippen LogP contribution in [-0.4, -0.2) is 44.9 Å². The molecule has 0 aliphatic rings. The average Bonchev–Trinajstić information content (AvgIpc) is 2.97. The van der Waals surface area contributed by atoms with Gasteiger partial charge in [-0.05, 0) is 31.1 Å². The second-order valence-corrected chi connectivity index (χ2v) is 4.87. The molecule has 0 N–H and O–H groups in total. The van der Waals surface area contributed by atoms with Gasteiger partial charge in [0.05, 0.1) is 6.20 Å². The number of halogens is 1. The molecule has 2 aromatic rings. The Balaban J connectivity index is 2.19. The van der Waals surface area contributed by atoms with Gasteiger partial charge in [-0.3, -0.25) is 4.79 Å². The Kier molecular flexibility index (Phi) is 5.05. The molecule has 0 unspecified atom stereocenters. The number of pyridine rings is 1. The van der Waals surface area contributed by atoms with Crippen LogP contribution in [0.15, 0.2) is 30.6 Å². The molecule has 0 fully saturated rings. The Morgan fingerprint density at radius 3 is 3.00 bits per heavy atom. The standard InChI is InChI=1S/C14H16ClN5O/c1-3-11(6-8-19(2)10-21)12-9-20(18-17-12)13-5-4-7-16-14(13)15/h3-5,7,9-10H,6,8H2,1-2H3/b11-3+. The Hall–Kier alpha value is -2.21. The summed E-state index contributed by atoms with van der Waals surface area (Å²) < 4.78 is 1.59. The summed E-state index contributed by atoms with van der Waals surface area (Å²) in [6.07, 6.45) is 6.91. The molecule has 2 aromatic heterocycles. The topological polar surface area (TPSA) is 63.9 Å². The van der Waals surface area contributed by atoms with Crippen LogP contribution in [0.3, 0.4) is 0 Å². The van der Waals surface area contributed by atoms with Gasteiger partial charge in [-0.1, -0.05) is 22.9 Å². The smallest absolute Gasteiger partial charge is 0.209 e. The Morgan fingerprint density at radius 2 is 2.33 bits per heavy atom. The Labute approximate surface area is 128 Å². The molecule has 1 amide bonds. The fraction of sp³-hybridized carbons (Fsp3) is 0.286. The predicted molar refractivity (Wildman–Crippen MR) is 81.1 cm³/mol. The van der Waals surface area contributed by atoms with Crippen molar-refractivity contribution in [2.45, 2.75) is 13.3 Å². The summed E-state index contributed by atoms with van der Waals surface area (Å²) in [7, 11) is 1.74. The molecular weight excluding hydrogens is 290 g/mol. The number of aromatic nitrogens is 4. The van der Waals surface area contributed by atoms with Gasteiger partial charge >= 0.3 is 0 Å². The highest BCUT2D eigenvalue weighted by atomic mass is 35.5. The van der Waals surface area contributed by atoms with E-state index in [-0.39, 0.29) is 0 Å². The summed E-state index contributed by atoms with van der Waals surface area (Å²) in [6, 6.07) is 3.61. The minimum atomic E-state index is 0.372. The number of carbonyl (C=O) groups excluding carboxylic acids is 1. The quantitative estimate of drug-likeness (QED) is 0.606. The molecule has 2 rings (SSSR count). The predicted octanol–water partition coefficient (Wildman–Crippen LogP) is 2.20. The lowest BCUT2D eigenvalue weighted by molar-refractivity contribution is -0.116. The van der Waals surface area contributed by atoms with Crippen LogP contribution in [0.2, 0.25) is 5.15 Å². The van der Waals surface area contributed by atoms with E-state index in [1.165, 1.54) is 0 Å². The number of carbonyl (C=O) groups is 1. The first-order chi connectivity index (χ1) is 10.2. The van der Waals surface area contributed by atoms with Gasteiger partial charge in [0, 0.05) is 19.8 Å². The van der Waals surface area contributed by atoms with Crippen molar-refractivity contribution in [3.05, 3.63) is 41.4 Å². The molecule has 0 aromatic carbocycles. The summed E-state index contributed by atoms with van der Waals surface area (Å²) >= 11 is 6.04. The van der Waals surface area contributed by atoms with Gasteiger partial charge in [-0.15, -0.1) is 5.10 Å². The van der Waals surface area contributed by atoms with Crippen molar-refractivity contribution in [1.29, 1.82) is 0 Å². The monoisotopic (exact) mass is 305 g/mol. The minimum Gasteiger partial charge on any atom is -0.348 e. The molecule has 0 spiro atoms. The molecule has 0 bridgehead atoms. The van der Waals surface area contributed by atoms with E-state index < -0.39 is 0 Å². The van der Waals surface area contributed by atoms with Crippen LogP contribution in [0, 0.1) is 0 Å². The van der Waals surface area contributed by atoms with Gasteiger partial charge in [0.15, 0.2) is 5.15 Å². The molecule has 0 aliphatic heterocycles. The van der Waals surface area contributed by atoms with Crippen molar-refractivity contribution < 1.29 is 4.79 Å². The molecule has 2 heterocycles. The van der Waals surface area contributed by atoms with Crippen molar-refractivity contribution in [3.8, 4) is 5.69 Å². The Morgan fingerprint density at radius 1 is 1.52 bits per heavy atom. The molecule has 0 radical (unpaired) electrons. The second kappa shape index (κ2) is 6.99. The van der Waals surface area contributed by atoms with Gasteiger partial charge in [0.2, 0.25) is 6.41 Å². The van der Waals surface area contributed by atoms with Crippen molar-refractivity contribution in [2.75, 3.05) is 13.6 Å². The molecule has 7 heteroatoms. The number of nitrogens with zero attached hydrogens (tertiary/aromatic N) is 5. The van der Waals surface area contributed by atoms with Crippen molar-refractivity contribution in [1.82, 2.24) is 24.9 Å². The van der Waals surface area contributed by atoms with Crippen LogP contribution < -0.4 is 0 Å². The van der Waals surface area contributed by atoms with Crippen molar-refractivity contribution >= 4 is 23.6 Å². The number of hydrogen-bond acceptors (Lipinski definition) is 4. The number of hydrogen-bond donors (Lipinski definition) is 0. The van der Waals surface area contributed by atoms with Gasteiger partial charge in [-0.25, -0.2) is 9.67 Å². The largest absolute Gasteiger partial charge is 0.348 e. The minimum absolute atomic E-state index is 0.372. The summed E-state index contributed by atoms with van der Waals surface area (Å²) in [5.74, 6) is 0. The molecular formula is C14H16ClN5O. The Bertz CT molecular complexity index is 652. The normalized spacial score (nSPS) is 11.5. The van der Waals surface area contributed by atoms with Crippen molar-refractivity contribution in [2.24, 2.45) is 0 Å². The first-order valence-corrected chi connectivity index (χ1v) is 6.88. The maximum absolute atomic E-state index is 10.6. The van der Waals surface area contributed by atoms with Gasteiger partial charge in [-0.2, -0.15) is 0 Å². The van der Waals surface area contributed by atoms with E-state index >= 15 is 0 Å². The highest BCUT2D eigenvalue weighted by molar-refractivity contribution is 6.31. The fourth-order valence-corrected chi connectivity index (χ4v) is 2.05. The molecule has 21 heavy (non-hydrogen) atoms. The zero-order chi connectivity index (χ0) is 15.2. The molecule has 6 nitrogen and oxygen atoms in total. The second-order valence-electron chi connectivity index (χ2n) is 4.51. The maximum atomic E-state index is 10.6. The van der Waals surface area contributed by atoms with E-state index in [0.29, 0.717) is 23.8 Å².